The molecule has 0 aliphatic heterocycles. The molecule has 0 atom stereocenters. The zero-order valence-electron chi connectivity index (χ0n) is 12.2. The van der Waals surface area contributed by atoms with Crippen LogP contribution >= 0.6 is 15.9 Å². The minimum atomic E-state index is -0.440. The van der Waals surface area contributed by atoms with E-state index in [1.807, 2.05) is 38.1 Å². The quantitative estimate of drug-likeness (QED) is 0.645. The van der Waals surface area contributed by atoms with Crippen LogP contribution in [-0.4, -0.2) is 13.1 Å². The van der Waals surface area contributed by atoms with E-state index in [0.717, 1.165) is 27.0 Å². The Morgan fingerprint density at radius 3 is 2.43 bits per heavy atom. The van der Waals surface area contributed by atoms with Gasteiger partial charge in [-0.3, -0.25) is 0 Å². The Balaban J connectivity index is 2.40. The van der Waals surface area contributed by atoms with Crippen molar-refractivity contribution in [1.82, 2.24) is 0 Å². The Morgan fingerprint density at radius 1 is 1.14 bits per heavy atom. The number of methoxy groups -OCH3 is 1. The highest BCUT2D eigenvalue weighted by molar-refractivity contribution is 9.10. The minimum absolute atomic E-state index is 0.367. The fourth-order valence-electron chi connectivity index (χ4n) is 2.12. The molecule has 5 heteroatoms. The molecule has 110 valence electrons. The van der Waals surface area contributed by atoms with Crippen LogP contribution in [0.15, 0.2) is 34.8 Å². The number of anilines is 3. The molecule has 0 saturated heterocycles. The van der Waals surface area contributed by atoms with Crippen LogP contribution in [0.4, 0.5) is 17.1 Å². The normalized spacial score (nSPS) is 10.3. The van der Waals surface area contributed by atoms with Crippen LogP contribution in [-0.2, 0) is 4.74 Å². The summed E-state index contributed by atoms with van der Waals surface area (Å²) < 4.78 is 5.75. The van der Waals surface area contributed by atoms with E-state index in [-0.39, 0.29) is 0 Å². The molecule has 0 fully saturated rings. The van der Waals surface area contributed by atoms with Gasteiger partial charge in [0.1, 0.15) is 0 Å². The van der Waals surface area contributed by atoms with Gasteiger partial charge in [-0.15, -0.1) is 0 Å². The van der Waals surface area contributed by atoms with Gasteiger partial charge in [-0.05, 0) is 55.3 Å². The first-order valence-electron chi connectivity index (χ1n) is 6.43. The highest BCUT2D eigenvalue weighted by atomic mass is 79.9. The number of hydrogen-bond acceptors (Lipinski definition) is 4. The van der Waals surface area contributed by atoms with Crippen molar-refractivity contribution >= 4 is 39.0 Å². The average molecular weight is 349 g/mol. The number of carbonyl (C=O) groups excluding carboxylic acids is 1. The van der Waals surface area contributed by atoms with E-state index >= 15 is 0 Å². The number of nitrogen functional groups attached to an aromatic ring is 1. The van der Waals surface area contributed by atoms with Gasteiger partial charge < -0.3 is 15.8 Å². The topological polar surface area (TPSA) is 64.3 Å². The molecular formula is C16H17BrN2O2. The van der Waals surface area contributed by atoms with Crippen LogP contribution in [0.25, 0.3) is 0 Å². The standard InChI is InChI=1S/C16H17BrN2O2/c1-9-4-11(17)7-12(5-9)19-13-6-10(2)15(18)14(8-13)16(20)21-3/h4-8,19H,18H2,1-3H3. The number of rotatable bonds is 3. The number of nitrogens with two attached hydrogens (primary N) is 1. The smallest absolute Gasteiger partial charge is 0.340 e. The summed E-state index contributed by atoms with van der Waals surface area (Å²) in [6, 6.07) is 9.62. The molecule has 0 unspecified atom stereocenters. The van der Waals surface area contributed by atoms with Crippen LogP contribution in [0.3, 0.4) is 0 Å². The Bertz CT molecular complexity index is 679. The number of esters is 1. The maximum Gasteiger partial charge on any atom is 0.340 e. The number of carbonyl (C=O) groups is 1. The van der Waals surface area contributed by atoms with Gasteiger partial charge in [-0.25, -0.2) is 4.79 Å². The van der Waals surface area contributed by atoms with Crippen LogP contribution in [0.1, 0.15) is 21.5 Å². The van der Waals surface area contributed by atoms with E-state index in [4.69, 9.17) is 10.5 Å². The molecule has 21 heavy (non-hydrogen) atoms. The van der Waals surface area contributed by atoms with Crippen molar-refractivity contribution in [3.63, 3.8) is 0 Å². The molecule has 0 aliphatic rings. The predicted octanol–water partition coefficient (Wildman–Crippen LogP) is 4.18. The van der Waals surface area contributed by atoms with E-state index in [0.29, 0.717) is 11.3 Å². The van der Waals surface area contributed by atoms with Gasteiger partial charge in [-0.1, -0.05) is 15.9 Å². The summed E-state index contributed by atoms with van der Waals surface area (Å²) in [5.41, 5.74) is 10.4. The van der Waals surface area contributed by atoms with Crippen molar-refractivity contribution in [2.24, 2.45) is 0 Å². The molecule has 0 heterocycles. The maximum atomic E-state index is 11.8. The van der Waals surface area contributed by atoms with Gasteiger partial charge in [0.25, 0.3) is 0 Å². The average Bonchev–Trinajstić information content (AvgIpc) is 2.40. The van der Waals surface area contributed by atoms with Crippen molar-refractivity contribution in [2.45, 2.75) is 13.8 Å². The summed E-state index contributed by atoms with van der Waals surface area (Å²) in [4.78, 5) is 11.8. The van der Waals surface area contributed by atoms with E-state index in [2.05, 4.69) is 21.2 Å². The minimum Gasteiger partial charge on any atom is -0.465 e. The fraction of sp³-hybridized carbons (Fsp3) is 0.188. The van der Waals surface area contributed by atoms with E-state index in [9.17, 15) is 4.79 Å². The monoisotopic (exact) mass is 348 g/mol. The van der Waals surface area contributed by atoms with Gasteiger partial charge in [0.05, 0.1) is 12.7 Å². The van der Waals surface area contributed by atoms with E-state index < -0.39 is 5.97 Å². The van der Waals surface area contributed by atoms with Crippen molar-refractivity contribution in [3.05, 3.63) is 51.5 Å². The maximum absolute atomic E-state index is 11.8. The lowest BCUT2D eigenvalue weighted by Crippen LogP contribution is -2.08. The van der Waals surface area contributed by atoms with E-state index in [1.165, 1.54) is 7.11 Å². The first-order valence-corrected chi connectivity index (χ1v) is 7.22. The lowest BCUT2D eigenvalue weighted by molar-refractivity contribution is 0.0602. The highest BCUT2D eigenvalue weighted by Crippen LogP contribution is 2.27. The molecule has 2 rings (SSSR count). The third-order valence-electron chi connectivity index (χ3n) is 3.12. The van der Waals surface area contributed by atoms with Crippen LogP contribution in [0, 0.1) is 13.8 Å². The third-order valence-corrected chi connectivity index (χ3v) is 3.58. The second-order valence-corrected chi connectivity index (χ2v) is 5.80. The Kier molecular flexibility index (Phi) is 4.53. The highest BCUT2D eigenvalue weighted by Gasteiger charge is 2.13. The number of ether oxygens (including phenoxy) is 1. The number of aryl methyl sites for hydroxylation is 2. The first-order chi connectivity index (χ1) is 9.90. The Morgan fingerprint density at radius 2 is 1.81 bits per heavy atom. The number of hydrogen-bond donors (Lipinski definition) is 2. The van der Waals surface area contributed by atoms with Gasteiger partial charge >= 0.3 is 5.97 Å². The number of halogens is 1. The van der Waals surface area contributed by atoms with Gasteiger partial charge in [0.15, 0.2) is 0 Å². The largest absolute Gasteiger partial charge is 0.465 e. The summed E-state index contributed by atoms with van der Waals surface area (Å²) in [7, 11) is 1.34. The van der Waals surface area contributed by atoms with Crippen molar-refractivity contribution in [3.8, 4) is 0 Å². The van der Waals surface area contributed by atoms with E-state index in [1.54, 1.807) is 6.07 Å². The summed E-state index contributed by atoms with van der Waals surface area (Å²) >= 11 is 3.47. The summed E-state index contributed by atoms with van der Waals surface area (Å²) in [5.74, 6) is -0.440. The van der Waals surface area contributed by atoms with Gasteiger partial charge in [0.2, 0.25) is 0 Å². The molecule has 0 radical (unpaired) electrons. The molecule has 0 saturated carbocycles. The van der Waals surface area contributed by atoms with Crippen molar-refractivity contribution in [2.75, 3.05) is 18.2 Å². The molecule has 0 bridgehead atoms. The first kappa shape index (κ1) is 15.4. The second-order valence-electron chi connectivity index (χ2n) is 4.89. The Hall–Kier alpha value is -2.01. The lowest BCUT2D eigenvalue weighted by Gasteiger charge is -2.13. The van der Waals surface area contributed by atoms with Gasteiger partial charge in [-0.2, -0.15) is 0 Å². The molecule has 0 aromatic heterocycles. The number of nitrogens with one attached hydrogen (secondary N) is 1. The van der Waals surface area contributed by atoms with Crippen LogP contribution in [0.2, 0.25) is 0 Å². The molecule has 4 nitrogen and oxygen atoms in total. The van der Waals surface area contributed by atoms with Crippen LogP contribution in [0.5, 0.6) is 0 Å². The molecule has 0 spiro atoms. The zero-order valence-corrected chi connectivity index (χ0v) is 13.7. The summed E-state index contributed by atoms with van der Waals surface area (Å²) in [5, 5.41) is 3.28. The molecule has 0 amide bonds. The molecule has 0 aliphatic carbocycles. The SMILES string of the molecule is COC(=O)c1cc(Nc2cc(C)cc(Br)c2)cc(C)c1N. The number of benzene rings is 2. The fourth-order valence-corrected chi connectivity index (χ4v) is 2.73. The predicted molar refractivity (Wildman–Crippen MR) is 89.1 cm³/mol. The van der Waals surface area contributed by atoms with Gasteiger partial charge in [0, 0.05) is 21.5 Å². The van der Waals surface area contributed by atoms with Crippen LogP contribution < -0.4 is 11.1 Å². The van der Waals surface area contributed by atoms with Crippen molar-refractivity contribution < 1.29 is 9.53 Å². The lowest BCUT2D eigenvalue weighted by atomic mass is 10.1. The molecule has 2 aromatic rings. The molecule has 2 aromatic carbocycles. The third kappa shape index (κ3) is 3.55. The second kappa shape index (κ2) is 6.18. The summed E-state index contributed by atoms with van der Waals surface area (Å²) in [6.45, 7) is 3.88. The zero-order chi connectivity index (χ0) is 15.6. The summed E-state index contributed by atoms with van der Waals surface area (Å²) in [6.07, 6.45) is 0. The van der Waals surface area contributed by atoms with Crippen molar-refractivity contribution in [1.29, 1.82) is 0 Å². The Labute approximate surface area is 132 Å². The molecular weight excluding hydrogens is 332 g/mol. The molecule has 3 N–H and O–H groups in total.